The molecule has 0 saturated carbocycles. The molecule has 1 aromatic heterocycles. The topological polar surface area (TPSA) is 16.4 Å². The second-order valence-corrected chi connectivity index (χ2v) is 11.3. The maximum absolute atomic E-state index is 6.47. The fourth-order valence-electron chi connectivity index (χ4n) is 6.30. The molecule has 8 aromatic rings. The van der Waals surface area contributed by atoms with E-state index < -0.39 is 0 Å². The SMILES string of the molecule is c1ccc(-c2ccc(-c3ccccc3N(c3ccccc3-c3ccccc3)c3ccccc3-c3cc4ccccc4o3)cc2)cc1. The summed E-state index contributed by atoms with van der Waals surface area (Å²) in [5.74, 6) is 0.837. The first-order valence-corrected chi connectivity index (χ1v) is 15.6. The van der Waals surface area contributed by atoms with Crippen LogP contribution in [0.1, 0.15) is 0 Å². The van der Waals surface area contributed by atoms with Crippen molar-refractivity contribution in [3.8, 4) is 44.7 Å². The lowest BCUT2D eigenvalue weighted by Gasteiger charge is -2.31. The molecule has 0 amide bonds. The molecule has 0 saturated heterocycles. The molecule has 0 aliphatic heterocycles. The molecule has 2 heteroatoms. The van der Waals surface area contributed by atoms with E-state index in [2.05, 4.69) is 181 Å². The van der Waals surface area contributed by atoms with Crippen molar-refractivity contribution in [3.63, 3.8) is 0 Å². The number of rotatable bonds is 7. The first-order valence-electron chi connectivity index (χ1n) is 15.6. The number of hydrogen-bond acceptors (Lipinski definition) is 2. The highest BCUT2D eigenvalue weighted by molar-refractivity contribution is 5.98. The fourth-order valence-corrected chi connectivity index (χ4v) is 6.30. The lowest BCUT2D eigenvalue weighted by atomic mass is 9.96. The van der Waals surface area contributed by atoms with Crippen molar-refractivity contribution in [1.82, 2.24) is 0 Å². The van der Waals surface area contributed by atoms with Gasteiger partial charge in [0.2, 0.25) is 0 Å². The predicted octanol–water partition coefficient (Wildman–Crippen LogP) is 12.6. The third-order valence-corrected chi connectivity index (χ3v) is 8.51. The Labute approximate surface area is 269 Å². The van der Waals surface area contributed by atoms with Gasteiger partial charge in [-0.2, -0.15) is 0 Å². The number of para-hydroxylation sites is 4. The van der Waals surface area contributed by atoms with Gasteiger partial charge in [-0.25, -0.2) is 0 Å². The van der Waals surface area contributed by atoms with Crippen molar-refractivity contribution in [2.24, 2.45) is 0 Å². The molecule has 46 heavy (non-hydrogen) atoms. The Balaban J connectivity index is 1.35. The molecular formula is C44H31NO. The van der Waals surface area contributed by atoms with Gasteiger partial charge in [0.15, 0.2) is 0 Å². The number of benzene rings is 7. The molecule has 0 radical (unpaired) electrons. The molecule has 0 N–H and O–H groups in total. The van der Waals surface area contributed by atoms with Crippen molar-refractivity contribution < 1.29 is 4.42 Å². The standard InChI is InChI=1S/C44H31NO/c1-3-15-32(16-4-1)33-27-29-35(30-28-33)38-21-9-12-24-41(38)45(40-23-11-8-20-37(40)34-17-5-2-6-18-34)42-25-13-10-22-39(42)44-31-36-19-7-14-26-43(36)46-44/h1-31H. The molecular weight excluding hydrogens is 558 g/mol. The molecule has 8 rings (SSSR count). The Kier molecular flexibility index (Phi) is 7.22. The van der Waals surface area contributed by atoms with Crippen LogP contribution in [0.3, 0.4) is 0 Å². The van der Waals surface area contributed by atoms with Crippen LogP contribution in [-0.4, -0.2) is 0 Å². The van der Waals surface area contributed by atoms with E-state index in [-0.39, 0.29) is 0 Å². The van der Waals surface area contributed by atoms with Gasteiger partial charge in [0.25, 0.3) is 0 Å². The first-order chi connectivity index (χ1) is 22.8. The van der Waals surface area contributed by atoms with Gasteiger partial charge in [-0.3, -0.25) is 0 Å². The quantitative estimate of drug-likeness (QED) is 0.184. The molecule has 0 aliphatic carbocycles. The van der Waals surface area contributed by atoms with Crippen LogP contribution in [-0.2, 0) is 0 Å². The van der Waals surface area contributed by atoms with Crippen molar-refractivity contribution in [1.29, 1.82) is 0 Å². The molecule has 0 unspecified atom stereocenters. The maximum Gasteiger partial charge on any atom is 0.137 e. The molecule has 218 valence electrons. The van der Waals surface area contributed by atoms with Gasteiger partial charge in [0.1, 0.15) is 11.3 Å². The summed E-state index contributed by atoms with van der Waals surface area (Å²) in [5.41, 5.74) is 12.1. The molecule has 2 nitrogen and oxygen atoms in total. The lowest BCUT2D eigenvalue weighted by Crippen LogP contribution is -2.13. The van der Waals surface area contributed by atoms with Crippen molar-refractivity contribution >= 4 is 28.0 Å². The average Bonchev–Trinajstić information content (AvgIpc) is 3.58. The predicted molar refractivity (Wildman–Crippen MR) is 193 cm³/mol. The summed E-state index contributed by atoms with van der Waals surface area (Å²) in [6.45, 7) is 0. The van der Waals surface area contributed by atoms with Crippen LogP contribution in [0.2, 0.25) is 0 Å². The van der Waals surface area contributed by atoms with Crippen LogP contribution < -0.4 is 4.90 Å². The Morgan fingerprint density at radius 1 is 0.326 bits per heavy atom. The number of furan rings is 1. The third kappa shape index (κ3) is 5.16. The lowest BCUT2D eigenvalue weighted by molar-refractivity contribution is 0.631. The zero-order valence-electron chi connectivity index (χ0n) is 25.3. The Hall–Kier alpha value is -6.12. The molecule has 0 atom stereocenters. The van der Waals surface area contributed by atoms with Gasteiger partial charge in [0, 0.05) is 22.1 Å². The minimum absolute atomic E-state index is 0.837. The molecule has 0 aliphatic rings. The van der Waals surface area contributed by atoms with Crippen molar-refractivity contribution in [2.45, 2.75) is 0 Å². The van der Waals surface area contributed by atoms with Crippen LogP contribution in [0, 0.1) is 0 Å². The smallest absolute Gasteiger partial charge is 0.137 e. The van der Waals surface area contributed by atoms with E-state index in [9.17, 15) is 0 Å². The third-order valence-electron chi connectivity index (χ3n) is 8.51. The van der Waals surface area contributed by atoms with Gasteiger partial charge in [-0.15, -0.1) is 0 Å². The van der Waals surface area contributed by atoms with Crippen LogP contribution in [0.25, 0.3) is 55.7 Å². The largest absolute Gasteiger partial charge is 0.456 e. The number of nitrogens with zero attached hydrogens (tertiary/aromatic N) is 1. The highest BCUT2D eigenvalue weighted by Gasteiger charge is 2.23. The summed E-state index contributed by atoms with van der Waals surface area (Å²) < 4.78 is 6.47. The highest BCUT2D eigenvalue weighted by atomic mass is 16.3. The summed E-state index contributed by atoms with van der Waals surface area (Å²) in [5, 5.41) is 1.09. The van der Waals surface area contributed by atoms with Crippen LogP contribution >= 0.6 is 0 Å². The Morgan fingerprint density at radius 2 is 0.739 bits per heavy atom. The summed E-state index contributed by atoms with van der Waals surface area (Å²) in [6, 6.07) is 66.2. The van der Waals surface area contributed by atoms with E-state index in [0.29, 0.717) is 0 Å². The van der Waals surface area contributed by atoms with E-state index in [1.807, 2.05) is 12.1 Å². The maximum atomic E-state index is 6.47. The zero-order valence-corrected chi connectivity index (χ0v) is 25.3. The normalized spacial score (nSPS) is 11.0. The minimum atomic E-state index is 0.837. The van der Waals surface area contributed by atoms with E-state index in [1.165, 1.54) is 11.1 Å². The molecule has 1 heterocycles. The van der Waals surface area contributed by atoms with Gasteiger partial charge < -0.3 is 9.32 Å². The first kappa shape index (κ1) is 27.4. The van der Waals surface area contributed by atoms with Crippen LogP contribution in [0.4, 0.5) is 17.1 Å². The van der Waals surface area contributed by atoms with Crippen molar-refractivity contribution in [3.05, 3.63) is 188 Å². The van der Waals surface area contributed by atoms with Crippen LogP contribution in [0.15, 0.2) is 192 Å². The van der Waals surface area contributed by atoms with Crippen molar-refractivity contribution in [2.75, 3.05) is 4.90 Å². The Morgan fingerprint density at radius 3 is 1.35 bits per heavy atom. The number of hydrogen-bond donors (Lipinski definition) is 0. The summed E-state index contributed by atoms with van der Waals surface area (Å²) in [6.07, 6.45) is 0. The molecule has 0 bridgehead atoms. The van der Waals surface area contributed by atoms with Gasteiger partial charge in [-0.05, 0) is 58.7 Å². The number of fused-ring (bicyclic) bond motifs is 1. The second-order valence-electron chi connectivity index (χ2n) is 11.3. The summed E-state index contributed by atoms with van der Waals surface area (Å²) >= 11 is 0. The second kappa shape index (κ2) is 12.1. The van der Waals surface area contributed by atoms with E-state index in [0.717, 1.165) is 61.6 Å². The van der Waals surface area contributed by atoms with Crippen LogP contribution in [0.5, 0.6) is 0 Å². The summed E-state index contributed by atoms with van der Waals surface area (Å²) in [4.78, 5) is 2.39. The minimum Gasteiger partial charge on any atom is -0.456 e. The zero-order chi connectivity index (χ0) is 30.7. The fraction of sp³-hybridized carbons (Fsp3) is 0. The molecule has 0 fully saturated rings. The molecule has 0 spiro atoms. The summed E-state index contributed by atoms with van der Waals surface area (Å²) in [7, 11) is 0. The average molecular weight is 590 g/mol. The van der Waals surface area contributed by atoms with Gasteiger partial charge in [-0.1, -0.05) is 152 Å². The van der Waals surface area contributed by atoms with E-state index in [4.69, 9.17) is 4.42 Å². The molecule has 7 aromatic carbocycles. The van der Waals surface area contributed by atoms with Gasteiger partial charge in [0.05, 0.1) is 17.1 Å². The Bertz CT molecular complexity index is 2220. The van der Waals surface area contributed by atoms with E-state index in [1.54, 1.807) is 0 Å². The monoisotopic (exact) mass is 589 g/mol. The van der Waals surface area contributed by atoms with Gasteiger partial charge >= 0.3 is 0 Å². The number of anilines is 3. The van der Waals surface area contributed by atoms with E-state index >= 15 is 0 Å². The highest BCUT2D eigenvalue weighted by Crippen LogP contribution is 2.48.